The van der Waals surface area contributed by atoms with Gasteiger partial charge in [-0.3, -0.25) is 0 Å². The maximum atomic E-state index is 3.11. The lowest BCUT2D eigenvalue weighted by Gasteiger charge is -1.77. The van der Waals surface area contributed by atoms with E-state index in [0.717, 1.165) is 13.1 Å². The molecule has 1 heterocycles. The van der Waals surface area contributed by atoms with Crippen molar-refractivity contribution in [2.24, 2.45) is 0 Å². The molecule has 0 aromatic rings. The van der Waals surface area contributed by atoms with Crippen molar-refractivity contribution < 1.29 is 0 Å². The van der Waals surface area contributed by atoms with Gasteiger partial charge in [0.2, 0.25) is 0 Å². The van der Waals surface area contributed by atoms with E-state index in [0.29, 0.717) is 0 Å². The lowest BCUT2D eigenvalue weighted by Crippen LogP contribution is -2.04. The summed E-state index contributed by atoms with van der Waals surface area (Å²) in [6, 6.07) is 0. The molecule has 0 spiro atoms. The molecule has 1 rings (SSSR count). The Morgan fingerprint density at radius 3 is 1.83 bits per heavy atom. The molecule has 36 valence electrons. The van der Waals surface area contributed by atoms with Gasteiger partial charge in [-0.15, -0.1) is 0 Å². The second-order valence-electron chi connectivity index (χ2n) is 1.13. The largest absolute Gasteiger partial charge is 0.344 e. The summed E-state index contributed by atoms with van der Waals surface area (Å²) in [5.41, 5.74) is 0. The van der Waals surface area contributed by atoms with E-state index < -0.39 is 0 Å². The molecular formula is C4H10N2. The highest BCUT2D eigenvalue weighted by Crippen LogP contribution is 1.75. The fraction of sp³-hybridized carbons (Fsp3) is 0.500. The summed E-state index contributed by atoms with van der Waals surface area (Å²) in [7, 11) is 0. The van der Waals surface area contributed by atoms with Crippen LogP contribution >= 0.6 is 0 Å². The summed E-state index contributed by atoms with van der Waals surface area (Å²) in [4.78, 5) is 0. The summed E-state index contributed by atoms with van der Waals surface area (Å²) in [5, 5.41) is 3.11. The Kier molecular flexibility index (Phi) is 2.71. The molecule has 0 fully saturated rings. The molecule has 0 unspecified atom stereocenters. The summed E-state index contributed by atoms with van der Waals surface area (Å²) in [5.74, 6) is 0. The van der Waals surface area contributed by atoms with Crippen molar-refractivity contribution in [1.29, 1.82) is 0 Å². The molecule has 4 N–H and O–H groups in total. The fourth-order valence-corrected chi connectivity index (χ4v) is 0.417. The van der Waals surface area contributed by atoms with E-state index in [9.17, 15) is 0 Å². The number of rotatable bonds is 0. The minimum atomic E-state index is 0. The fourth-order valence-electron chi connectivity index (χ4n) is 0.417. The highest BCUT2D eigenvalue weighted by atomic mass is 14.9. The zero-order valence-electron chi connectivity index (χ0n) is 3.78. The predicted octanol–water partition coefficient (Wildman–Crippen LogP) is 0.308. The van der Waals surface area contributed by atoms with Crippen LogP contribution in [0, 0.1) is 0 Å². The van der Waals surface area contributed by atoms with Gasteiger partial charge in [0.25, 0.3) is 0 Å². The molecule has 1 aliphatic rings. The van der Waals surface area contributed by atoms with E-state index in [1.807, 2.05) is 0 Å². The van der Waals surface area contributed by atoms with Crippen LogP contribution in [-0.4, -0.2) is 13.1 Å². The smallest absolute Gasteiger partial charge is 0.0138 e. The van der Waals surface area contributed by atoms with E-state index in [4.69, 9.17) is 0 Å². The molecule has 2 nitrogen and oxygen atoms in total. The van der Waals surface area contributed by atoms with Crippen LogP contribution in [-0.2, 0) is 0 Å². The van der Waals surface area contributed by atoms with Crippen LogP contribution in [0.25, 0.3) is 0 Å². The summed E-state index contributed by atoms with van der Waals surface area (Å²) < 4.78 is 0. The zero-order chi connectivity index (χ0) is 3.54. The first kappa shape index (κ1) is 5.66. The van der Waals surface area contributed by atoms with Gasteiger partial charge in [-0.1, -0.05) is 12.2 Å². The average molecular weight is 86.1 g/mol. The van der Waals surface area contributed by atoms with Crippen molar-refractivity contribution in [3.05, 3.63) is 12.2 Å². The van der Waals surface area contributed by atoms with E-state index in [-0.39, 0.29) is 6.15 Å². The minimum absolute atomic E-state index is 0. The van der Waals surface area contributed by atoms with Crippen LogP contribution in [0.4, 0.5) is 0 Å². The third-order valence-electron chi connectivity index (χ3n) is 0.691. The topological polar surface area (TPSA) is 47.0 Å². The van der Waals surface area contributed by atoms with Crippen molar-refractivity contribution in [2.75, 3.05) is 13.1 Å². The first-order valence-corrected chi connectivity index (χ1v) is 1.86. The quantitative estimate of drug-likeness (QED) is 0.417. The number of hydrogen-bond donors (Lipinski definition) is 2. The highest BCUT2D eigenvalue weighted by molar-refractivity contribution is 4.92. The molecule has 0 radical (unpaired) electrons. The molecule has 6 heavy (non-hydrogen) atoms. The van der Waals surface area contributed by atoms with Crippen LogP contribution in [0.2, 0.25) is 0 Å². The first-order chi connectivity index (χ1) is 2.50. The Bertz CT molecular complexity index is 43.5. The predicted molar refractivity (Wildman–Crippen MR) is 27.0 cm³/mol. The first-order valence-electron chi connectivity index (χ1n) is 1.86. The minimum Gasteiger partial charge on any atom is -0.344 e. The lowest BCUT2D eigenvalue weighted by molar-refractivity contribution is 0.892. The van der Waals surface area contributed by atoms with Crippen LogP contribution in [0.3, 0.4) is 0 Å². The summed E-state index contributed by atoms with van der Waals surface area (Å²) in [6.07, 6.45) is 4.25. The standard InChI is InChI=1S/C4H7N.H3N/c1-2-4-5-3-1;/h1-2,5H,3-4H2;1H3. The Morgan fingerprint density at radius 1 is 1.17 bits per heavy atom. The third-order valence-corrected chi connectivity index (χ3v) is 0.691. The molecule has 2 heteroatoms. The van der Waals surface area contributed by atoms with Crippen molar-refractivity contribution in [1.82, 2.24) is 11.5 Å². The Labute approximate surface area is 37.8 Å². The molecule has 0 saturated carbocycles. The van der Waals surface area contributed by atoms with E-state index in [1.165, 1.54) is 0 Å². The van der Waals surface area contributed by atoms with Crippen molar-refractivity contribution in [2.45, 2.75) is 0 Å². The monoisotopic (exact) mass is 86.1 g/mol. The Balaban J connectivity index is 0.000000250. The van der Waals surface area contributed by atoms with Crippen LogP contribution in [0.1, 0.15) is 0 Å². The normalized spacial score (nSPS) is 17.3. The highest BCUT2D eigenvalue weighted by Gasteiger charge is 1.81. The average Bonchev–Trinajstić information content (AvgIpc) is 1.76. The van der Waals surface area contributed by atoms with Crippen LogP contribution in [0.15, 0.2) is 12.2 Å². The molecule has 0 bridgehead atoms. The number of hydrogen-bond acceptors (Lipinski definition) is 2. The van der Waals surface area contributed by atoms with Gasteiger partial charge < -0.3 is 11.5 Å². The molecule has 0 saturated heterocycles. The molecular weight excluding hydrogens is 76.1 g/mol. The van der Waals surface area contributed by atoms with Crippen molar-refractivity contribution >= 4 is 0 Å². The van der Waals surface area contributed by atoms with Gasteiger partial charge >= 0.3 is 0 Å². The Hall–Kier alpha value is -0.340. The van der Waals surface area contributed by atoms with Crippen molar-refractivity contribution in [3.8, 4) is 0 Å². The van der Waals surface area contributed by atoms with Gasteiger partial charge in [0.15, 0.2) is 0 Å². The van der Waals surface area contributed by atoms with Gasteiger partial charge in [0, 0.05) is 13.1 Å². The van der Waals surface area contributed by atoms with Crippen LogP contribution in [0.5, 0.6) is 0 Å². The van der Waals surface area contributed by atoms with Gasteiger partial charge in [-0.25, -0.2) is 0 Å². The second-order valence-corrected chi connectivity index (χ2v) is 1.13. The second kappa shape index (κ2) is 2.87. The summed E-state index contributed by atoms with van der Waals surface area (Å²) >= 11 is 0. The van der Waals surface area contributed by atoms with Gasteiger partial charge in [0.1, 0.15) is 0 Å². The van der Waals surface area contributed by atoms with Crippen LogP contribution < -0.4 is 11.5 Å². The summed E-state index contributed by atoms with van der Waals surface area (Å²) in [6.45, 7) is 2.14. The van der Waals surface area contributed by atoms with E-state index in [2.05, 4.69) is 17.5 Å². The number of nitrogens with one attached hydrogen (secondary N) is 1. The zero-order valence-corrected chi connectivity index (χ0v) is 3.78. The maximum Gasteiger partial charge on any atom is 0.0138 e. The Morgan fingerprint density at radius 2 is 1.67 bits per heavy atom. The molecule has 0 aromatic heterocycles. The van der Waals surface area contributed by atoms with Gasteiger partial charge in [-0.05, 0) is 0 Å². The SMILES string of the molecule is C1=CCNC1.N. The van der Waals surface area contributed by atoms with E-state index in [1.54, 1.807) is 0 Å². The molecule has 1 aliphatic heterocycles. The van der Waals surface area contributed by atoms with Gasteiger partial charge in [-0.2, -0.15) is 0 Å². The maximum absolute atomic E-state index is 3.11. The third kappa shape index (κ3) is 1.19. The molecule has 0 atom stereocenters. The lowest BCUT2D eigenvalue weighted by atomic mass is 10.6. The molecule has 0 aromatic carbocycles. The molecule has 0 amide bonds. The molecule has 0 aliphatic carbocycles. The van der Waals surface area contributed by atoms with Crippen molar-refractivity contribution in [3.63, 3.8) is 0 Å². The van der Waals surface area contributed by atoms with Gasteiger partial charge in [0.05, 0.1) is 0 Å². The van der Waals surface area contributed by atoms with E-state index >= 15 is 0 Å².